The Kier molecular flexibility index (Phi) is 4.13. The first-order valence-corrected chi connectivity index (χ1v) is 4.24. The number of hydrogen-bond acceptors (Lipinski definition) is 4. The molecule has 1 N–H and O–H groups in total. The molecule has 4 heteroatoms. The van der Waals surface area contributed by atoms with Crippen LogP contribution in [0.2, 0.25) is 0 Å². The molecule has 1 heterocycles. The Morgan fingerprint density at radius 3 is 2.70 bits per heavy atom. The third-order valence-corrected chi connectivity index (χ3v) is 1.68. The minimum absolute atomic E-state index is 0.847. The van der Waals surface area contributed by atoms with Crippen molar-refractivity contribution < 1.29 is 4.74 Å². The van der Waals surface area contributed by atoms with Crippen LogP contribution in [0, 0.1) is 0 Å². The normalized spacial score (nSPS) is 21.3. The van der Waals surface area contributed by atoms with Gasteiger partial charge < -0.3 is 4.74 Å². The van der Waals surface area contributed by atoms with Gasteiger partial charge in [-0.05, 0) is 0 Å². The topological polar surface area (TPSA) is 24.5 Å². The summed E-state index contributed by atoms with van der Waals surface area (Å²) in [5.41, 5.74) is 3.25. The number of nitrogens with one attached hydrogen (secondary N) is 1. The zero-order chi connectivity index (χ0) is 7.23. The van der Waals surface area contributed by atoms with Crippen molar-refractivity contribution in [2.75, 3.05) is 38.6 Å². The number of nitrogens with zero attached hydrogens (tertiary/aromatic N) is 1. The summed E-state index contributed by atoms with van der Waals surface area (Å²) in [5, 5.41) is 2.18. The van der Waals surface area contributed by atoms with Gasteiger partial charge in [0.2, 0.25) is 0 Å². The van der Waals surface area contributed by atoms with Gasteiger partial charge in [0, 0.05) is 25.4 Å². The third-order valence-electron chi connectivity index (χ3n) is 1.46. The molecule has 1 saturated heterocycles. The number of rotatable bonds is 3. The summed E-state index contributed by atoms with van der Waals surface area (Å²) < 4.78 is 5.18. The van der Waals surface area contributed by atoms with Gasteiger partial charge in [-0.15, -0.1) is 0 Å². The van der Waals surface area contributed by atoms with E-state index < -0.39 is 0 Å². The molecule has 1 fully saturated rings. The minimum Gasteiger partial charge on any atom is -0.379 e. The summed E-state index contributed by atoms with van der Waals surface area (Å²) in [5.74, 6) is 0.886. The van der Waals surface area contributed by atoms with E-state index in [1.54, 1.807) is 0 Å². The first-order chi connectivity index (χ1) is 4.93. The number of ether oxygens (including phenoxy) is 1. The number of thiol groups is 1. The second-order valence-electron chi connectivity index (χ2n) is 2.23. The van der Waals surface area contributed by atoms with E-state index in [1.807, 2.05) is 0 Å². The lowest BCUT2D eigenvalue weighted by molar-refractivity contribution is 0.0134. The molecule has 0 bridgehead atoms. The number of hydrazine groups is 1. The summed E-state index contributed by atoms with van der Waals surface area (Å²) in [7, 11) is 0. The lowest BCUT2D eigenvalue weighted by Gasteiger charge is -2.26. The number of morpholine rings is 1. The highest BCUT2D eigenvalue weighted by Gasteiger charge is 2.07. The maximum absolute atomic E-state index is 5.18. The van der Waals surface area contributed by atoms with Crippen molar-refractivity contribution in [1.29, 1.82) is 0 Å². The maximum Gasteiger partial charge on any atom is 0.0608 e. The molecule has 0 aliphatic carbocycles. The van der Waals surface area contributed by atoms with Crippen molar-refractivity contribution in [3.63, 3.8) is 0 Å². The lowest BCUT2D eigenvalue weighted by Crippen LogP contribution is -2.46. The molecule has 1 aliphatic heterocycles. The van der Waals surface area contributed by atoms with Gasteiger partial charge in [0.1, 0.15) is 0 Å². The van der Waals surface area contributed by atoms with Gasteiger partial charge in [-0.1, -0.05) is 0 Å². The van der Waals surface area contributed by atoms with Crippen molar-refractivity contribution >= 4 is 12.6 Å². The van der Waals surface area contributed by atoms with E-state index in [0.29, 0.717) is 0 Å². The highest BCUT2D eigenvalue weighted by molar-refractivity contribution is 7.80. The first-order valence-electron chi connectivity index (χ1n) is 3.60. The Morgan fingerprint density at radius 1 is 1.40 bits per heavy atom. The first kappa shape index (κ1) is 8.33. The average Bonchev–Trinajstić information content (AvgIpc) is 2.03. The van der Waals surface area contributed by atoms with Crippen LogP contribution in [-0.4, -0.2) is 43.6 Å². The van der Waals surface area contributed by atoms with Gasteiger partial charge in [0.05, 0.1) is 13.2 Å². The summed E-state index contributed by atoms with van der Waals surface area (Å²) >= 11 is 4.10. The van der Waals surface area contributed by atoms with Crippen LogP contribution in [0.25, 0.3) is 0 Å². The smallest absolute Gasteiger partial charge is 0.0608 e. The van der Waals surface area contributed by atoms with Crippen LogP contribution in [0.5, 0.6) is 0 Å². The van der Waals surface area contributed by atoms with Crippen molar-refractivity contribution in [2.24, 2.45) is 0 Å². The Balaban J connectivity index is 2.02. The van der Waals surface area contributed by atoms with Crippen LogP contribution in [0.15, 0.2) is 0 Å². The van der Waals surface area contributed by atoms with E-state index in [0.717, 1.165) is 38.6 Å². The molecular formula is C6H14N2OS. The fraction of sp³-hybridized carbons (Fsp3) is 1.00. The monoisotopic (exact) mass is 162 g/mol. The van der Waals surface area contributed by atoms with E-state index >= 15 is 0 Å². The molecule has 3 nitrogen and oxygen atoms in total. The maximum atomic E-state index is 5.18. The number of hydrogen-bond donors (Lipinski definition) is 2. The molecule has 1 aliphatic rings. The molecule has 0 saturated carbocycles. The fourth-order valence-electron chi connectivity index (χ4n) is 0.930. The van der Waals surface area contributed by atoms with Gasteiger partial charge in [0.15, 0.2) is 0 Å². The van der Waals surface area contributed by atoms with Crippen LogP contribution in [0.4, 0.5) is 0 Å². The second kappa shape index (κ2) is 4.96. The average molecular weight is 162 g/mol. The predicted molar refractivity (Wildman–Crippen MR) is 44.2 cm³/mol. The Bertz CT molecular complexity index is 85.8. The molecule has 0 amide bonds. The zero-order valence-corrected chi connectivity index (χ0v) is 6.94. The zero-order valence-electron chi connectivity index (χ0n) is 6.05. The highest BCUT2D eigenvalue weighted by atomic mass is 32.1. The SMILES string of the molecule is SCCNN1CCOCC1. The van der Waals surface area contributed by atoms with Crippen LogP contribution < -0.4 is 5.43 Å². The van der Waals surface area contributed by atoms with Gasteiger partial charge in [-0.25, -0.2) is 5.01 Å². The predicted octanol–water partition coefficient (Wildman–Crippen LogP) is -0.247. The van der Waals surface area contributed by atoms with Crippen molar-refractivity contribution in [2.45, 2.75) is 0 Å². The molecule has 10 heavy (non-hydrogen) atoms. The van der Waals surface area contributed by atoms with Crippen molar-refractivity contribution in [3.05, 3.63) is 0 Å². The molecular weight excluding hydrogens is 148 g/mol. The van der Waals surface area contributed by atoms with Gasteiger partial charge in [-0.2, -0.15) is 12.6 Å². The van der Waals surface area contributed by atoms with Crippen LogP contribution in [0.3, 0.4) is 0 Å². The van der Waals surface area contributed by atoms with Gasteiger partial charge in [-0.3, -0.25) is 5.43 Å². The van der Waals surface area contributed by atoms with Crippen LogP contribution in [0.1, 0.15) is 0 Å². The Hall–Kier alpha value is 0.230. The summed E-state index contributed by atoms with van der Waals surface area (Å²) in [4.78, 5) is 0. The van der Waals surface area contributed by atoms with Gasteiger partial charge >= 0.3 is 0 Å². The third kappa shape index (κ3) is 2.88. The minimum atomic E-state index is 0.847. The van der Waals surface area contributed by atoms with Crippen LogP contribution >= 0.6 is 12.6 Å². The molecule has 0 spiro atoms. The summed E-state index contributed by atoms with van der Waals surface area (Å²) in [6, 6.07) is 0. The van der Waals surface area contributed by atoms with E-state index in [4.69, 9.17) is 4.74 Å². The van der Waals surface area contributed by atoms with E-state index in [-0.39, 0.29) is 0 Å². The molecule has 1 rings (SSSR count). The second-order valence-corrected chi connectivity index (χ2v) is 2.68. The molecule has 0 aromatic heterocycles. The molecule has 0 aromatic rings. The van der Waals surface area contributed by atoms with E-state index in [1.165, 1.54) is 0 Å². The summed E-state index contributed by atoms with van der Waals surface area (Å²) in [6.07, 6.45) is 0. The lowest BCUT2D eigenvalue weighted by atomic mass is 10.5. The molecule has 0 radical (unpaired) electrons. The quantitative estimate of drug-likeness (QED) is 0.560. The largest absolute Gasteiger partial charge is 0.379 e. The molecule has 0 aromatic carbocycles. The van der Waals surface area contributed by atoms with E-state index in [2.05, 4.69) is 23.1 Å². The van der Waals surface area contributed by atoms with E-state index in [9.17, 15) is 0 Å². The molecule has 0 atom stereocenters. The summed E-state index contributed by atoms with van der Waals surface area (Å²) in [6.45, 7) is 4.63. The Labute approximate surface area is 67.1 Å². The Morgan fingerprint density at radius 2 is 2.10 bits per heavy atom. The van der Waals surface area contributed by atoms with Crippen LogP contribution in [-0.2, 0) is 4.74 Å². The molecule has 0 unspecified atom stereocenters. The fourth-order valence-corrected chi connectivity index (χ4v) is 1.03. The standard InChI is InChI=1S/C6H14N2OS/c10-6-1-7-8-2-4-9-5-3-8/h7,10H,1-6H2. The van der Waals surface area contributed by atoms with Crippen molar-refractivity contribution in [1.82, 2.24) is 10.4 Å². The highest BCUT2D eigenvalue weighted by Crippen LogP contribution is 1.91. The molecule has 60 valence electrons. The van der Waals surface area contributed by atoms with Crippen molar-refractivity contribution in [3.8, 4) is 0 Å². The van der Waals surface area contributed by atoms with Gasteiger partial charge in [0.25, 0.3) is 0 Å².